The Kier molecular flexibility index (Phi) is 4.21. The Morgan fingerprint density at radius 1 is 1.17 bits per heavy atom. The first-order valence-corrected chi connectivity index (χ1v) is 9.36. The van der Waals surface area contributed by atoms with Gasteiger partial charge in [0.2, 0.25) is 5.96 Å². The van der Waals surface area contributed by atoms with Gasteiger partial charge in [-0.3, -0.25) is 24.3 Å². The zero-order chi connectivity index (χ0) is 21.2. The van der Waals surface area contributed by atoms with Crippen LogP contribution in [0.3, 0.4) is 0 Å². The number of rotatable bonds is 3. The molecule has 3 aliphatic rings. The minimum atomic E-state index is -0.877. The van der Waals surface area contributed by atoms with Crippen LogP contribution in [0.15, 0.2) is 40.7 Å². The highest BCUT2D eigenvalue weighted by Crippen LogP contribution is 2.40. The molecule has 0 bridgehead atoms. The molecule has 0 saturated carbocycles. The molecular weight excluding hydrogens is 377 g/mol. The molecule has 152 valence electrons. The van der Waals surface area contributed by atoms with E-state index in [-0.39, 0.29) is 5.78 Å². The first kappa shape index (κ1) is 19.1. The van der Waals surface area contributed by atoms with Crippen molar-refractivity contribution in [2.45, 2.75) is 45.9 Å². The number of hydrogen-bond acceptors (Lipinski definition) is 6. The van der Waals surface area contributed by atoms with Gasteiger partial charge in [0.25, 0.3) is 5.91 Å². The predicted molar refractivity (Wildman–Crippen MR) is 104 cm³/mol. The molecule has 4 rings (SSSR count). The van der Waals surface area contributed by atoms with Crippen molar-refractivity contribution < 1.29 is 18.8 Å². The number of Topliss-reactive ketones (excluding diaryl/α,β-unsaturated/α-hetero) is 1. The molecule has 3 unspecified atom stereocenters. The molecule has 3 atom stereocenters. The van der Waals surface area contributed by atoms with E-state index < -0.39 is 36.0 Å². The predicted octanol–water partition coefficient (Wildman–Crippen LogP) is 2.13. The van der Waals surface area contributed by atoms with Gasteiger partial charge in [-0.1, -0.05) is 12.1 Å². The van der Waals surface area contributed by atoms with Crippen LogP contribution in [0.2, 0.25) is 0 Å². The lowest BCUT2D eigenvalue weighted by Crippen LogP contribution is -2.67. The van der Waals surface area contributed by atoms with E-state index in [9.17, 15) is 18.8 Å². The molecule has 3 aliphatic heterocycles. The van der Waals surface area contributed by atoms with Crippen LogP contribution in [0.25, 0.3) is 0 Å². The van der Waals surface area contributed by atoms with Gasteiger partial charge >= 0.3 is 6.03 Å². The number of allylic oxidation sites excluding steroid dienone is 2. The van der Waals surface area contributed by atoms with E-state index >= 15 is 0 Å². The fourth-order valence-corrected chi connectivity index (χ4v) is 4.04. The number of guanidine groups is 1. The van der Waals surface area contributed by atoms with Gasteiger partial charge in [-0.2, -0.15) is 0 Å². The summed E-state index contributed by atoms with van der Waals surface area (Å²) >= 11 is 0. The van der Waals surface area contributed by atoms with E-state index in [2.05, 4.69) is 4.99 Å². The van der Waals surface area contributed by atoms with Gasteiger partial charge in [-0.25, -0.2) is 14.2 Å². The zero-order valence-electron chi connectivity index (χ0n) is 16.9. The number of urea groups is 1. The molecule has 3 heterocycles. The average molecular weight is 399 g/mol. The molecule has 0 N–H and O–H groups in total. The van der Waals surface area contributed by atoms with E-state index in [1.54, 1.807) is 35.0 Å². The van der Waals surface area contributed by atoms with Gasteiger partial charge in [-0.05, 0) is 39.8 Å². The molecule has 0 aromatic heterocycles. The van der Waals surface area contributed by atoms with E-state index in [1.807, 2.05) is 13.8 Å². The van der Waals surface area contributed by atoms with Crippen LogP contribution in [-0.4, -0.2) is 63.7 Å². The van der Waals surface area contributed by atoms with Crippen LogP contribution < -0.4 is 4.90 Å². The molecule has 1 fully saturated rings. The maximum atomic E-state index is 14.5. The Morgan fingerprint density at radius 2 is 1.83 bits per heavy atom. The second kappa shape index (κ2) is 6.40. The van der Waals surface area contributed by atoms with E-state index in [1.165, 1.54) is 24.8 Å². The van der Waals surface area contributed by atoms with Crippen molar-refractivity contribution in [1.82, 2.24) is 14.7 Å². The summed E-state index contributed by atoms with van der Waals surface area (Å²) in [4.78, 5) is 48.4. The van der Waals surface area contributed by atoms with Crippen molar-refractivity contribution in [2.24, 2.45) is 4.99 Å². The van der Waals surface area contributed by atoms with Crippen molar-refractivity contribution >= 4 is 29.4 Å². The number of para-hydroxylation sites is 1. The smallest absolute Gasteiger partial charge is 0.302 e. The van der Waals surface area contributed by atoms with Gasteiger partial charge in [0.05, 0.1) is 11.7 Å². The van der Waals surface area contributed by atoms with Crippen molar-refractivity contribution in [1.29, 1.82) is 0 Å². The summed E-state index contributed by atoms with van der Waals surface area (Å²) in [6.45, 7) is 6.54. The second-order valence-electron chi connectivity index (χ2n) is 7.50. The highest BCUT2D eigenvalue weighted by Gasteiger charge is 2.57. The van der Waals surface area contributed by atoms with Crippen LogP contribution in [0.5, 0.6) is 0 Å². The number of halogens is 1. The van der Waals surface area contributed by atoms with Gasteiger partial charge in [0.1, 0.15) is 5.82 Å². The molecule has 0 radical (unpaired) electrons. The topological polar surface area (TPSA) is 76.5 Å². The van der Waals surface area contributed by atoms with Gasteiger partial charge < -0.3 is 4.90 Å². The second-order valence-corrected chi connectivity index (χ2v) is 7.50. The van der Waals surface area contributed by atoms with Gasteiger partial charge in [0, 0.05) is 18.4 Å². The molecule has 29 heavy (non-hydrogen) atoms. The summed E-state index contributed by atoms with van der Waals surface area (Å²) in [5.74, 6) is -0.787. The van der Waals surface area contributed by atoms with E-state index in [0.29, 0.717) is 11.6 Å². The summed E-state index contributed by atoms with van der Waals surface area (Å²) in [7, 11) is 1.55. The lowest BCUT2D eigenvalue weighted by atomic mass is 10.1. The number of anilines is 1. The van der Waals surface area contributed by atoms with Crippen molar-refractivity contribution in [3.05, 3.63) is 41.5 Å². The van der Waals surface area contributed by atoms with Gasteiger partial charge in [0.15, 0.2) is 18.0 Å². The third-order valence-electron chi connectivity index (χ3n) is 5.91. The molecule has 9 heteroatoms. The van der Waals surface area contributed by atoms with Crippen molar-refractivity contribution in [3.63, 3.8) is 0 Å². The first-order valence-electron chi connectivity index (χ1n) is 9.36. The molecule has 1 aromatic rings. The number of aliphatic imine (C=N–C) groups is 1. The molecule has 3 amide bonds. The van der Waals surface area contributed by atoms with Crippen LogP contribution in [-0.2, 0) is 9.59 Å². The Balaban J connectivity index is 1.80. The molecule has 0 aliphatic carbocycles. The van der Waals surface area contributed by atoms with Crippen LogP contribution in [0.1, 0.15) is 27.7 Å². The minimum absolute atomic E-state index is 0.282. The quantitative estimate of drug-likeness (QED) is 0.778. The number of hydrogen-bond donors (Lipinski definition) is 0. The number of ketones is 1. The first-order chi connectivity index (χ1) is 13.7. The van der Waals surface area contributed by atoms with Crippen LogP contribution in [0, 0.1) is 5.82 Å². The standard InChI is InChI=1S/C20H22FN5O3/c1-10-11(2)25-16-17(22-19(25)24(10)15-9-7-6-8-14(15)21)23(5)20(29)26(18(16)28)12(3)13(4)27/h6-9,12,16-17H,1-5H3. The summed E-state index contributed by atoms with van der Waals surface area (Å²) in [6.07, 6.45) is -0.752. The van der Waals surface area contributed by atoms with Crippen LogP contribution in [0.4, 0.5) is 14.9 Å². The van der Waals surface area contributed by atoms with Crippen molar-refractivity contribution in [3.8, 4) is 0 Å². The SMILES string of the molecule is CC(=O)C(C)N1C(=O)C2C(N=C3N(c4ccccc4F)C(C)=C(C)N32)N(C)C1=O. The number of likely N-dealkylation sites (N-methyl/N-ethyl adjacent to an activating group) is 1. The average Bonchev–Trinajstić information content (AvgIpc) is 3.17. The largest absolute Gasteiger partial charge is 0.328 e. The number of nitrogens with zero attached hydrogens (tertiary/aromatic N) is 5. The fraction of sp³-hybridized carbons (Fsp3) is 0.400. The monoisotopic (exact) mass is 399 g/mol. The number of benzene rings is 1. The normalized spacial score (nSPS) is 24.8. The molecule has 8 nitrogen and oxygen atoms in total. The minimum Gasteiger partial charge on any atom is -0.302 e. The zero-order valence-corrected chi connectivity index (χ0v) is 16.9. The third kappa shape index (κ3) is 2.49. The number of carbonyl (C=O) groups excluding carboxylic acids is 3. The molecular formula is C20H22FN5O3. The lowest BCUT2D eigenvalue weighted by molar-refractivity contribution is -0.142. The highest BCUT2D eigenvalue weighted by atomic mass is 19.1. The van der Waals surface area contributed by atoms with E-state index in [0.717, 1.165) is 16.3 Å². The summed E-state index contributed by atoms with van der Waals surface area (Å²) in [5.41, 5.74) is 1.80. The van der Waals surface area contributed by atoms with Crippen molar-refractivity contribution in [2.75, 3.05) is 11.9 Å². The van der Waals surface area contributed by atoms with Crippen LogP contribution >= 0.6 is 0 Å². The maximum absolute atomic E-state index is 14.5. The Morgan fingerprint density at radius 3 is 2.45 bits per heavy atom. The number of imide groups is 1. The number of carbonyl (C=O) groups is 3. The molecule has 1 aromatic carbocycles. The molecule has 0 spiro atoms. The highest BCUT2D eigenvalue weighted by molar-refractivity contribution is 6.11. The molecule has 1 saturated heterocycles. The Bertz CT molecular complexity index is 1000. The Hall–Kier alpha value is -3.23. The summed E-state index contributed by atoms with van der Waals surface area (Å²) in [6, 6.07) is 4.08. The third-order valence-corrected chi connectivity index (χ3v) is 5.91. The number of amides is 3. The summed E-state index contributed by atoms with van der Waals surface area (Å²) in [5, 5.41) is 0. The number of fused-ring (bicyclic) bond motifs is 3. The van der Waals surface area contributed by atoms with Gasteiger partial charge in [-0.15, -0.1) is 0 Å². The Labute approximate surface area is 167 Å². The van der Waals surface area contributed by atoms with E-state index in [4.69, 9.17) is 0 Å². The lowest BCUT2D eigenvalue weighted by Gasteiger charge is -2.42. The summed E-state index contributed by atoms with van der Waals surface area (Å²) < 4.78 is 14.5. The fourth-order valence-electron chi connectivity index (χ4n) is 4.04. The maximum Gasteiger partial charge on any atom is 0.328 e.